The zero-order chi connectivity index (χ0) is 13.0. The Labute approximate surface area is 100 Å². The van der Waals surface area contributed by atoms with Gasteiger partial charge >= 0.3 is 5.97 Å². The molecule has 1 aromatic rings. The molecule has 0 aliphatic heterocycles. The van der Waals surface area contributed by atoms with E-state index < -0.39 is 12.2 Å². The van der Waals surface area contributed by atoms with Crippen molar-refractivity contribution in [1.29, 1.82) is 0 Å². The minimum Gasteiger partial charge on any atom is -0.478 e. The molecule has 92 valence electrons. The predicted molar refractivity (Wildman–Crippen MR) is 65.3 cm³/mol. The summed E-state index contributed by atoms with van der Waals surface area (Å²) in [7, 11) is 3.62. The van der Waals surface area contributed by atoms with Gasteiger partial charge in [0.25, 0.3) is 0 Å². The largest absolute Gasteiger partial charge is 0.478 e. The number of hydrogen-bond donors (Lipinski definition) is 2. The summed E-state index contributed by atoms with van der Waals surface area (Å²) in [4.78, 5) is 16.6. The predicted octanol–water partition coefficient (Wildman–Crippen LogP) is 1.03. The van der Waals surface area contributed by atoms with Gasteiger partial charge in [0.2, 0.25) is 0 Å². The number of carboxylic acid groups (broad SMARTS) is 1. The van der Waals surface area contributed by atoms with Gasteiger partial charge in [-0.15, -0.1) is 0 Å². The number of nitrogens with zero attached hydrogens (tertiary/aromatic N) is 2. The molecule has 1 atom stereocenters. The van der Waals surface area contributed by atoms with E-state index in [1.807, 2.05) is 14.1 Å². The van der Waals surface area contributed by atoms with Crippen LogP contribution < -0.4 is 0 Å². The standard InChI is InChI=1S/C12H16N2O3/c1-8(15)13-11(14(2)3)9-4-6-10(7-5-9)12(16)17/h4-8,15H,1-3H3,(H,16,17)/b13-11+. The first-order chi connectivity index (χ1) is 7.91. The minimum atomic E-state index is -0.963. The summed E-state index contributed by atoms with van der Waals surface area (Å²) in [5.41, 5.74) is 0.991. The lowest BCUT2D eigenvalue weighted by atomic mass is 10.1. The van der Waals surface area contributed by atoms with Crippen LogP contribution in [0.1, 0.15) is 22.8 Å². The van der Waals surface area contributed by atoms with Crippen LogP contribution >= 0.6 is 0 Å². The molecule has 0 radical (unpaired) electrons. The van der Waals surface area contributed by atoms with E-state index in [4.69, 9.17) is 5.11 Å². The van der Waals surface area contributed by atoms with E-state index in [1.165, 1.54) is 12.1 Å². The fourth-order valence-electron chi connectivity index (χ4n) is 1.39. The highest BCUT2D eigenvalue weighted by Crippen LogP contribution is 2.08. The van der Waals surface area contributed by atoms with E-state index in [1.54, 1.807) is 24.0 Å². The summed E-state index contributed by atoms with van der Waals surface area (Å²) in [5.74, 6) is -0.354. The summed E-state index contributed by atoms with van der Waals surface area (Å²) >= 11 is 0. The fraction of sp³-hybridized carbons (Fsp3) is 0.333. The number of rotatable bonds is 3. The Bertz CT molecular complexity index is 422. The van der Waals surface area contributed by atoms with Crippen LogP contribution in [-0.2, 0) is 0 Å². The molecular formula is C12H16N2O3. The smallest absolute Gasteiger partial charge is 0.335 e. The van der Waals surface area contributed by atoms with Crippen molar-refractivity contribution >= 4 is 11.8 Å². The average Bonchev–Trinajstić information content (AvgIpc) is 2.25. The highest BCUT2D eigenvalue weighted by Gasteiger charge is 2.09. The summed E-state index contributed by atoms with van der Waals surface area (Å²) in [6.45, 7) is 1.56. The fourth-order valence-corrected chi connectivity index (χ4v) is 1.39. The molecule has 1 aromatic carbocycles. The maximum Gasteiger partial charge on any atom is 0.335 e. The van der Waals surface area contributed by atoms with E-state index in [0.29, 0.717) is 5.84 Å². The number of aliphatic imine (C=N–C) groups is 1. The topological polar surface area (TPSA) is 73.1 Å². The summed E-state index contributed by atoms with van der Waals surface area (Å²) in [6, 6.07) is 6.37. The van der Waals surface area contributed by atoms with Gasteiger partial charge in [0.15, 0.2) is 0 Å². The molecule has 0 amide bonds. The Morgan fingerprint density at radius 2 is 1.71 bits per heavy atom. The first-order valence-corrected chi connectivity index (χ1v) is 5.18. The molecule has 1 rings (SSSR count). The molecule has 1 unspecified atom stereocenters. The number of carboxylic acids is 1. The second-order valence-electron chi connectivity index (χ2n) is 3.86. The minimum absolute atomic E-state index is 0.226. The summed E-state index contributed by atoms with van der Waals surface area (Å²) < 4.78 is 0. The van der Waals surface area contributed by atoms with Gasteiger partial charge in [-0.1, -0.05) is 12.1 Å². The van der Waals surface area contributed by atoms with Crippen LogP contribution in [0.15, 0.2) is 29.3 Å². The molecule has 0 saturated heterocycles. The highest BCUT2D eigenvalue weighted by atomic mass is 16.4. The van der Waals surface area contributed by atoms with Gasteiger partial charge in [-0.2, -0.15) is 0 Å². The Morgan fingerprint density at radius 3 is 2.06 bits per heavy atom. The van der Waals surface area contributed by atoms with Crippen LogP contribution in [0.4, 0.5) is 0 Å². The maximum absolute atomic E-state index is 10.7. The van der Waals surface area contributed by atoms with Crippen molar-refractivity contribution in [2.45, 2.75) is 13.2 Å². The van der Waals surface area contributed by atoms with Crippen molar-refractivity contribution in [3.63, 3.8) is 0 Å². The van der Waals surface area contributed by atoms with Crippen molar-refractivity contribution in [2.75, 3.05) is 14.1 Å². The lowest BCUT2D eigenvalue weighted by Gasteiger charge is -2.17. The zero-order valence-electron chi connectivity index (χ0n) is 10.1. The maximum atomic E-state index is 10.7. The molecule has 2 N–H and O–H groups in total. The van der Waals surface area contributed by atoms with Crippen LogP contribution in [0.25, 0.3) is 0 Å². The van der Waals surface area contributed by atoms with Crippen LogP contribution in [0.2, 0.25) is 0 Å². The molecule has 17 heavy (non-hydrogen) atoms. The van der Waals surface area contributed by atoms with Gasteiger partial charge in [-0.05, 0) is 19.1 Å². The van der Waals surface area contributed by atoms with Crippen molar-refractivity contribution in [3.05, 3.63) is 35.4 Å². The van der Waals surface area contributed by atoms with E-state index in [0.717, 1.165) is 5.56 Å². The third-order valence-corrected chi connectivity index (χ3v) is 2.12. The number of aromatic carboxylic acids is 1. The highest BCUT2D eigenvalue weighted by molar-refractivity contribution is 5.99. The van der Waals surface area contributed by atoms with Crippen LogP contribution in [0, 0.1) is 0 Å². The SMILES string of the molecule is CC(O)/N=C(\c1ccc(C(=O)O)cc1)N(C)C. The molecule has 0 fully saturated rings. The molecule has 0 saturated carbocycles. The molecule has 0 spiro atoms. The molecule has 0 aliphatic rings. The van der Waals surface area contributed by atoms with Crippen molar-refractivity contribution in [3.8, 4) is 0 Å². The summed E-state index contributed by atoms with van der Waals surface area (Å²) in [5, 5.41) is 18.1. The van der Waals surface area contributed by atoms with E-state index in [2.05, 4.69) is 4.99 Å². The van der Waals surface area contributed by atoms with Crippen LogP contribution in [-0.4, -0.2) is 47.2 Å². The van der Waals surface area contributed by atoms with Gasteiger partial charge in [-0.3, -0.25) is 0 Å². The Morgan fingerprint density at radius 1 is 1.24 bits per heavy atom. The van der Waals surface area contributed by atoms with Crippen LogP contribution in [0.5, 0.6) is 0 Å². The van der Waals surface area contributed by atoms with Gasteiger partial charge in [0.1, 0.15) is 12.1 Å². The Balaban J connectivity index is 3.08. The van der Waals surface area contributed by atoms with Gasteiger partial charge in [-0.25, -0.2) is 9.79 Å². The zero-order valence-corrected chi connectivity index (χ0v) is 10.1. The molecule has 0 aromatic heterocycles. The van der Waals surface area contributed by atoms with Gasteiger partial charge < -0.3 is 15.1 Å². The normalized spacial score (nSPS) is 13.3. The molecule has 0 bridgehead atoms. The second kappa shape index (κ2) is 5.45. The quantitative estimate of drug-likeness (QED) is 0.607. The van der Waals surface area contributed by atoms with Crippen molar-refractivity contribution in [2.24, 2.45) is 4.99 Å². The van der Waals surface area contributed by atoms with Gasteiger partial charge in [0, 0.05) is 19.7 Å². The lowest BCUT2D eigenvalue weighted by molar-refractivity contribution is 0.0697. The van der Waals surface area contributed by atoms with Gasteiger partial charge in [0.05, 0.1) is 5.56 Å². The Hall–Kier alpha value is -1.88. The Kier molecular flexibility index (Phi) is 4.23. The van der Waals surface area contributed by atoms with Crippen molar-refractivity contribution in [1.82, 2.24) is 4.90 Å². The summed E-state index contributed by atoms with van der Waals surface area (Å²) in [6.07, 6.45) is -0.799. The van der Waals surface area contributed by atoms with E-state index in [9.17, 15) is 9.90 Å². The molecule has 5 nitrogen and oxygen atoms in total. The van der Waals surface area contributed by atoms with E-state index >= 15 is 0 Å². The number of amidine groups is 1. The number of benzene rings is 1. The second-order valence-corrected chi connectivity index (χ2v) is 3.86. The van der Waals surface area contributed by atoms with Crippen LogP contribution in [0.3, 0.4) is 0 Å². The molecule has 0 heterocycles. The number of aliphatic hydroxyl groups excluding tert-OH is 1. The number of hydrogen-bond acceptors (Lipinski definition) is 3. The lowest BCUT2D eigenvalue weighted by Crippen LogP contribution is -2.24. The van der Waals surface area contributed by atoms with Crippen molar-refractivity contribution < 1.29 is 15.0 Å². The third kappa shape index (κ3) is 3.57. The third-order valence-electron chi connectivity index (χ3n) is 2.12. The number of carbonyl (C=O) groups is 1. The molecule has 5 heteroatoms. The monoisotopic (exact) mass is 236 g/mol. The number of aliphatic hydroxyl groups is 1. The molecule has 0 aliphatic carbocycles. The first-order valence-electron chi connectivity index (χ1n) is 5.18. The van der Waals surface area contributed by atoms with E-state index in [-0.39, 0.29) is 5.56 Å². The average molecular weight is 236 g/mol. The first kappa shape index (κ1) is 13.2. The molecular weight excluding hydrogens is 220 g/mol.